The van der Waals surface area contributed by atoms with Crippen LogP contribution in [-0.4, -0.2) is 0 Å². The Morgan fingerprint density at radius 3 is 2.25 bits per heavy atom. The van der Waals surface area contributed by atoms with Crippen molar-refractivity contribution in [3.05, 3.63) is 171 Å². The van der Waals surface area contributed by atoms with Crippen molar-refractivity contribution in [3.63, 3.8) is 0 Å². The summed E-state index contributed by atoms with van der Waals surface area (Å²) in [6.07, 6.45) is 25.5. The predicted octanol–water partition coefficient (Wildman–Crippen LogP) is 13.5. The molecule has 2 aromatic heterocycles. The molecule has 3 aliphatic rings. The zero-order valence-electron chi connectivity index (χ0n) is 31.0. The van der Waals surface area contributed by atoms with Crippen LogP contribution >= 0.6 is 11.3 Å². The second-order valence-corrected chi connectivity index (χ2v) is 16.4. The maximum atomic E-state index is 6.88. The van der Waals surface area contributed by atoms with Crippen molar-refractivity contribution in [2.75, 3.05) is 0 Å². The topological polar surface area (TPSA) is 13.1 Å². The maximum Gasteiger partial charge on any atom is 0.145 e. The van der Waals surface area contributed by atoms with Gasteiger partial charge in [0.1, 0.15) is 11.0 Å². The first-order valence-corrected chi connectivity index (χ1v) is 20.5. The number of aryl methyl sites for hydroxylation is 3. The van der Waals surface area contributed by atoms with Crippen LogP contribution in [0.25, 0.3) is 95.2 Å². The van der Waals surface area contributed by atoms with Crippen molar-refractivity contribution < 1.29 is 4.42 Å². The first-order valence-electron chi connectivity index (χ1n) is 19.7. The fourth-order valence-corrected chi connectivity index (χ4v) is 11.0. The van der Waals surface area contributed by atoms with E-state index in [-0.39, 0.29) is 5.92 Å². The van der Waals surface area contributed by atoms with E-state index in [4.69, 9.17) is 4.42 Å². The Hall–Kier alpha value is -5.96. The summed E-state index contributed by atoms with van der Waals surface area (Å²) >= 11 is 1.94. The Kier molecular flexibility index (Phi) is 7.57. The minimum Gasteiger partial charge on any atom is -0.456 e. The molecule has 3 aliphatic carbocycles. The molecule has 8 aromatic rings. The van der Waals surface area contributed by atoms with Gasteiger partial charge in [0.25, 0.3) is 0 Å². The van der Waals surface area contributed by atoms with Crippen molar-refractivity contribution >= 4 is 84.3 Å². The smallest absolute Gasteiger partial charge is 0.145 e. The third-order valence-corrected chi connectivity index (χ3v) is 13.6. The van der Waals surface area contributed by atoms with Crippen molar-refractivity contribution in [1.29, 1.82) is 0 Å². The first kappa shape index (κ1) is 32.5. The third-order valence-electron chi connectivity index (χ3n) is 12.2. The van der Waals surface area contributed by atoms with E-state index >= 15 is 0 Å². The number of benzene rings is 6. The molecular weight excluding hydrogens is 685 g/mol. The molecule has 1 unspecified atom stereocenters. The summed E-state index contributed by atoms with van der Waals surface area (Å²) in [5.74, 6) is 0.220. The molecular formula is C53H40OS. The van der Waals surface area contributed by atoms with Crippen LogP contribution in [0.1, 0.15) is 63.4 Å². The van der Waals surface area contributed by atoms with Gasteiger partial charge >= 0.3 is 0 Å². The van der Waals surface area contributed by atoms with Gasteiger partial charge in [-0.05, 0) is 122 Å². The molecule has 264 valence electrons. The number of hydrogen-bond acceptors (Lipinski definition) is 2. The van der Waals surface area contributed by atoms with Gasteiger partial charge in [0.15, 0.2) is 0 Å². The molecule has 0 bridgehead atoms. The number of furan rings is 1. The SMILES string of the molecule is C=C/C=C\c1c(C)c2sc3c(c2c2oc4c(c12)=CC(c1cccc(-c2c5ccccc5c(-c5ccc6c(c5)CCC=C6)c5ccccc25)c1)CC=4)C=CCC3. The van der Waals surface area contributed by atoms with Gasteiger partial charge in [-0.3, -0.25) is 0 Å². The standard InChI is InChI=1S/C53H40OS/c1-3-4-18-39-32(2)53-51(44-23-11-12-24-47(44)55-53)52-50(39)45-31-36(27-28-46(45)54-52)35-16-13-17-37(30-35)48-40-19-7-9-21-42(40)49(43-22-10-8-20-41(43)48)38-26-25-33-14-5-6-15-34(33)29-38/h3-5,7-11,13-14,16-23,25-26,28-31,36H,1,6,12,15,24,27H2,2H3/b18-4-. The highest BCUT2D eigenvalue weighted by Crippen LogP contribution is 2.46. The molecule has 55 heavy (non-hydrogen) atoms. The number of allylic oxidation sites excluding steroid dienone is 4. The Bertz CT molecular complexity index is 3100. The fourth-order valence-electron chi connectivity index (χ4n) is 9.66. The molecule has 0 saturated heterocycles. The number of fused-ring (bicyclic) bond motifs is 10. The maximum absolute atomic E-state index is 6.88. The summed E-state index contributed by atoms with van der Waals surface area (Å²) in [6, 6.07) is 34.4. The molecule has 0 N–H and O–H groups in total. The van der Waals surface area contributed by atoms with Crippen LogP contribution in [0.2, 0.25) is 0 Å². The molecule has 11 rings (SSSR count). The van der Waals surface area contributed by atoms with Crippen molar-refractivity contribution in [1.82, 2.24) is 0 Å². The summed E-state index contributed by atoms with van der Waals surface area (Å²) in [6.45, 7) is 6.28. The average molecular weight is 725 g/mol. The Balaban J connectivity index is 1.10. The minimum absolute atomic E-state index is 0.220. The van der Waals surface area contributed by atoms with Crippen molar-refractivity contribution in [2.24, 2.45) is 0 Å². The quantitative estimate of drug-likeness (QED) is 0.127. The number of rotatable bonds is 5. The molecule has 2 heterocycles. The highest BCUT2D eigenvalue weighted by Gasteiger charge is 2.25. The van der Waals surface area contributed by atoms with Gasteiger partial charge in [0.2, 0.25) is 0 Å². The van der Waals surface area contributed by atoms with Crippen LogP contribution in [-0.2, 0) is 12.8 Å². The van der Waals surface area contributed by atoms with Crippen LogP contribution < -0.4 is 10.6 Å². The molecule has 0 spiro atoms. The van der Waals surface area contributed by atoms with Crippen LogP contribution in [0.5, 0.6) is 0 Å². The normalized spacial score (nSPS) is 16.1. The summed E-state index contributed by atoms with van der Waals surface area (Å²) in [5.41, 5.74) is 15.2. The fraction of sp³-hybridized carbons (Fsp3) is 0.132. The lowest BCUT2D eigenvalue weighted by Gasteiger charge is -2.20. The van der Waals surface area contributed by atoms with Gasteiger partial charge in [0.05, 0.1) is 0 Å². The van der Waals surface area contributed by atoms with E-state index < -0.39 is 0 Å². The summed E-state index contributed by atoms with van der Waals surface area (Å²) < 4.78 is 8.22. The Morgan fingerprint density at radius 2 is 1.49 bits per heavy atom. The summed E-state index contributed by atoms with van der Waals surface area (Å²) in [7, 11) is 0. The van der Waals surface area contributed by atoms with Gasteiger partial charge in [-0.25, -0.2) is 0 Å². The Labute approximate surface area is 325 Å². The van der Waals surface area contributed by atoms with E-state index in [1.165, 1.54) is 103 Å². The van der Waals surface area contributed by atoms with Gasteiger partial charge in [0, 0.05) is 31.5 Å². The van der Waals surface area contributed by atoms with Gasteiger partial charge < -0.3 is 4.42 Å². The van der Waals surface area contributed by atoms with E-state index in [1.807, 2.05) is 17.4 Å². The predicted molar refractivity (Wildman–Crippen MR) is 238 cm³/mol. The van der Waals surface area contributed by atoms with Gasteiger partial charge in [-0.15, -0.1) is 11.3 Å². The zero-order valence-corrected chi connectivity index (χ0v) is 31.8. The molecule has 0 aliphatic heterocycles. The molecule has 2 heteroatoms. The summed E-state index contributed by atoms with van der Waals surface area (Å²) in [4.78, 5) is 1.47. The first-order chi connectivity index (χ1) is 27.2. The van der Waals surface area contributed by atoms with Gasteiger partial charge in [-0.1, -0.05) is 146 Å². The molecule has 0 saturated carbocycles. The number of hydrogen-bond donors (Lipinski definition) is 0. The molecule has 1 nitrogen and oxygen atoms in total. The molecule has 0 amide bonds. The van der Waals surface area contributed by atoms with E-state index in [2.05, 4.69) is 153 Å². The molecule has 0 fully saturated rings. The number of thiophene rings is 1. The molecule has 1 atom stereocenters. The third kappa shape index (κ3) is 5.05. The lowest BCUT2D eigenvalue weighted by molar-refractivity contribution is 0.573. The van der Waals surface area contributed by atoms with Crippen LogP contribution in [0.3, 0.4) is 0 Å². The second kappa shape index (κ2) is 12.8. The van der Waals surface area contributed by atoms with Crippen molar-refractivity contribution in [2.45, 2.75) is 44.9 Å². The Morgan fingerprint density at radius 1 is 0.764 bits per heavy atom. The average Bonchev–Trinajstić information content (AvgIpc) is 3.81. The van der Waals surface area contributed by atoms with E-state index in [0.717, 1.165) is 43.1 Å². The van der Waals surface area contributed by atoms with E-state index in [0.29, 0.717) is 0 Å². The highest BCUT2D eigenvalue weighted by atomic mass is 32.1. The second-order valence-electron chi connectivity index (χ2n) is 15.3. The van der Waals surface area contributed by atoms with E-state index in [9.17, 15) is 0 Å². The molecule has 6 aromatic carbocycles. The van der Waals surface area contributed by atoms with Crippen molar-refractivity contribution in [3.8, 4) is 22.3 Å². The van der Waals surface area contributed by atoms with Crippen LogP contribution in [0, 0.1) is 6.92 Å². The lowest BCUT2D eigenvalue weighted by atomic mass is 9.83. The molecule has 0 radical (unpaired) electrons. The van der Waals surface area contributed by atoms with Gasteiger partial charge in [-0.2, -0.15) is 0 Å². The minimum atomic E-state index is 0.220. The largest absolute Gasteiger partial charge is 0.456 e. The summed E-state index contributed by atoms with van der Waals surface area (Å²) in [5, 5.41) is 8.90. The zero-order chi connectivity index (χ0) is 36.6. The van der Waals surface area contributed by atoms with Crippen LogP contribution in [0.15, 0.2) is 126 Å². The lowest BCUT2D eigenvalue weighted by Crippen LogP contribution is -2.25. The van der Waals surface area contributed by atoms with E-state index in [1.54, 1.807) is 0 Å². The highest BCUT2D eigenvalue weighted by molar-refractivity contribution is 7.19. The monoisotopic (exact) mass is 724 g/mol. The van der Waals surface area contributed by atoms with Crippen LogP contribution in [0.4, 0.5) is 0 Å².